The smallest absolute Gasteiger partial charge is 0.142 e. The number of halogens is 2. The number of fused-ring (bicyclic) bond motifs is 1. The van der Waals surface area contributed by atoms with Crippen molar-refractivity contribution in [2.75, 3.05) is 13.2 Å². The number of nitrogens with zero attached hydrogens (tertiary/aromatic N) is 2. The van der Waals surface area contributed by atoms with Crippen LogP contribution in [0.5, 0.6) is 0 Å². The largest absolute Gasteiger partial charge is 0.342 e. The van der Waals surface area contributed by atoms with E-state index in [1.54, 1.807) is 0 Å². The SMILES string of the molecule is CCCCCCCCCCCCN1CN(Cc2ccc3ccccc3c2)C(Cl)=C1Cl. The molecule has 2 aromatic carbocycles. The Bertz CT molecular complexity index is 818. The molecule has 30 heavy (non-hydrogen) atoms. The normalized spacial score (nSPS) is 14.4. The van der Waals surface area contributed by atoms with Crippen LogP contribution in [0.4, 0.5) is 0 Å². The van der Waals surface area contributed by atoms with E-state index in [0.717, 1.165) is 19.8 Å². The molecule has 0 fully saturated rings. The molecule has 0 unspecified atom stereocenters. The molecule has 1 aliphatic heterocycles. The Morgan fingerprint density at radius 3 is 2.00 bits per heavy atom. The van der Waals surface area contributed by atoms with Crippen LogP contribution in [0.3, 0.4) is 0 Å². The van der Waals surface area contributed by atoms with Crippen LogP contribution >= 0.6 is 23.2 Å². The molecule has 0 amide bonds. The van der Waals surface area contributed by atoms with Crippen molar-refractivity contribution in [3.63, 3.8) is 0 Å². The lowest BCUT2D eigenvalue weighted by Gasteiger charge is -2.22. The van der Waals surface area contributed by atoms with Crippen LogP contribution in [0.15, 0.2) is 52.8 Å². The Labute approximate surface area is 192 Å². The highest BCUT2D eigenvalue weighted by molar-refractivity contribution is 6.38. The molecule has 0 aliphatic carbocycles. The second kappa shape index (κ2) is 12.5. The summed E-state index contributed by atoms with van der Waals surface area (Å²) in [5.41, 5.74) is 1.26. The quantitative estimate of drug-likeness (QED) is 0.225. The third-order valence-electron chi connectivity index (χ3n) is 6.04. The predicted octanol–water partition coefficient (Wildman–Crippen LogP) is 8.44. The van der Waals surface area contributed by atoms with Gasteiger partial charge >= 0.3 is 0 Å². The average molecular weight is 447 g/mol. The summed E-state index contributed by atoms with van der Waals surface area (Å²) < 4.78 is 0. The van der Waals surface area contributed by atoms with Crippen molar-refractivity contribution in [3.8, 4) is 0 Å². The van der Waals surface area contributed by atoms with Crippen molar-refractivity contribution in [2.45, 2.75) is 77.7 Å². The summed E-state index contributed by atoms with van der Waals surface area (Å²) in [7, 11) is 0. The van der Waals surface area contributed by atoms with E-state index in [2.05, 4.69) is 59.2 Å². The first-order valence-corrected chi connectivity index (χ1v) is 12.5. The maximum absolute atomic E-state index is 6.56. The standard InChI is InChI=1S/C26H36Cl2N2/c1-2-3-4-5-6-7-8-9-10-13-18-29-21-30(26(28)25(29)27)20-22-16-17-23-14-11-12-15-24(23)19-22/h11-12,14-17,19H,2-10,13,18,20-21H2,1H3. The van der Waals surface area contributed by atoms with E-state index in [9.17, 15) is 0 Å². The van der Waals surface area contributed by atoms with Crippen LogP contribution < -0.4 is 0 Å². The molecule has 0 N–H and O–H groups in total. The van der Waals surface area contributed by atoms with Gasteiger partial charge in [-0.3, -0.25) is 0 Å². The van der Waals surface area contributed by atoms with Crippen molar-refractivity contribution < 1.29 is 0 Å². The maximum Gasteiger partial charge on any atom is 0.142 e. The zero-order valence-electron chi connectivity index (χ0n) is 18.4. The Morgan fingerprint density at radius 1 is 0.700 bits per heavy atom. The zero-order chi connectivity index (χ0) is 21.2. The van der Waals surface area contributed by atoms with Gasteiger partial charge in [-0.2, -0.15) is 0 Å². The van der Waals surface area contributed by atoms with Gasteiger partial charge in [0, 0.05) is 13.1 Å². The molecule has 3 rings (SSSR count). The third kappa shape index (κ3) is 6.82. The van der Waals surface area contributed by atoms with Crippen molar-refractivity contribution in [3.05, 3.63) is 58.3 Å². The van der Waals surface area contributed by atoms with Crippen molar-refractivity contribution >= 4 is 34.0 Å². The van der Waals surface area contributed by atoms with Gasteiger partial charge in [-0.15, -0.1) is 0 Å². The first kappa shape index (κ1) is 23.3. The Hall–Kier alpha value is -1.38. The molecule has 0 bridgehead atoms. The van der Waals surface area contributed by atoms with E-state index in [0.29, 0.717) is 10.3 Å². The molecule has 2 nitrogen and oxygen atoms in total. The first-order valence-electron chi connectivity index (χ1n) is 11.7. The van der Waals surface area contributed by atoms with E-state index in [1.807, 2.05) is 0 Å². The summed E-state index contributed by atoms with van der Waals surface area (Å²) >= 11 is 13.1. The third-order valence-corrected chi connectivity index (χ3v) is 6.97. The van der Waals surface area contributed by atoms with Gasteiger partial charge in [0.15, 0.2) is 0 Å². The van der Waals surface area contributed by atoms with Crippen LogP contribution in [0.1, 0.15) is 76.7 Å². The molecule has 164 valence electrons. The van der Waals surface area contributed by atoms with Crippen LogP contribution in [0.2, 0.25) is 0 Å². The fourth-order valence-electron chi connectivity index (χ4n) is 4.23. The van der Waals surface area contributed by atoms with E-state index in [1.165, 1.54) is 80.5 Å². The zero-order valence-corrected chi connectivity index (χ0v) is 19.9. The molecule has 0 saturated carbocycles. The summed E-state index contributed by atoms with van der Waals surface area (Å²) in [6.45, 7) is 4.83. The molecule has 0 aromatic heterocycles. The van der Waals surface area contributed by atoms with Crippen LogP contribution in [-0.4, -0.2) is 23.0 Å². The topological polar surface area (TPSA) is 6.48 Å². The van der Waals surface area contributed by atoms with Crippen molar-refractivity contribution in [2.24, 2.45) is 0 Å². The molecule has 0 radical (unpaired) electrons. The highest BCUT2D eigenvalue weighted by Gasteiger charge is 2.26. The van der Waals surface area contributed by atoms with E-state index in [4.69, 9.17) is 23.2 Å². The minimum absolute atomic E-state index is 0.678. The molecular weight excluding hydrogens is 411 g/mol. The monoisotopic (exact) mass is 446 g/mol. The van der Waals surface area contributed by atoms with Crippen LogP contribution in [0.25, 0.3) is 10.8 Å². The Morgan fingerprint density at radius 2 is 1.30 bits per heavy atom. The second-order valence-electron chi connectivity index (χ2n) is 8.55. The lowest BCUT2D eigenvalue weighted by atomic mass is 10.1. The number of hydrogen-bond donors (Lipinski definition) is 0. The van der Waals surface area contributed by atoms with Gasteiger partial charge in [0.2, 0.25) is 0 Å². The van der Waals surface area contributed by atoms with E-state index in [-0.39, 0.29) is 0 Å². The molecule has 0 spiro atoms. The van der Waals surface area contributed by atoms with Gasteiger partial charge in [-0.1, -0.05) is 124 Å². The molecular formula is C26H36Cl2N2. The number of benzene rings is 2. The number of hydrogen-bond acceptors (Lipinski definition) is 2. The van der Waals surface area contributed by atoms with Crippen LogP contribution in [-0.2, 0) is 6.54 Å². The minimum Gasteiger partial charge on any atom is -0.342 e. The van der Waals surface area contributed by atoms with Gasteiger partial charge in [0.1, 0.15) is 10.3 Å². The van der Waals surface area contributed by atoms with Gasteiger partial charge in [0.05, 0.1) is 6.67 Å². The van der Waals surface area contributed by atoms with E-state index < -0.39 is 0 Å². The molecule has 0 saturated heterocycles. The summed E-state index contributed by atoms with van der Waals surface area (Å²) in [4.78, 5) is 4.39. The van der Waals surface area contributed by atoms with Gasteiger partial charge in [-0.25, -0.2) is 0 Å². The summed E-state index contributed by atoms with van der Waals surface area (Å²) in [6, 6.07) is 15.1. The summed E-state index contributed by atoms with van der Waals surface area (Å²) in [5, 5.41) is 3.91. The lowest BCUT2D eigenvalue weighted by molar-refractivity contribution is 0.249. The van der Waals surface area contributed by atoms with Crippen molar-refractivity contribution in [1.29, 1.82) is 0 Å². The predicted molar refractivity (Wildman–Crippen MR) is 132 cm³/mol. The van der Waals surface area contributed by atoms with E-state index >= 15 is 0 Å². The van der Waals surface area contributed by atoms with Gasteiger partial charge in [0.25, 0.3) is 0 Å². The highest BCUT2D eigenvalue weighted by Crippen LogP contribution is 2.31. The molecule has 2 aromatic rings. The highest BCUT2D eigenvalue weighted by atomic mass is 35.5. The minimum atomic E-state index is 0.678. The molecule has 4 heteroatoms. The fourth-order valence-corrected chi connectivity index (χ4v) is 4.72. The van der Waals surface area contributed by atoms with Crippen molar-refractivity contribution in [1.82, 2.24) is 9.80 Å². The molecule has 0 atom stereocenters. The maximum atomic E-state index is 6.56. The molecule has 1 aliphatic rings. The lowest BCUT2D eigenvalue weighted by Crippen LogP contribution is -2.27. The number of rotatable bonds is 13. The summed E-state index contributed by atoms with van der Waals surface area (Å²) in [6.07, 6.45) is 13.5. The summed E-state index contributed by atoms with van der Waals surface area (Å²) in [5.74, 6) is 0. The second-order valence-corrected chi connectivity index (χ2v) is 9.26. The fraction of sp³-hybridized carbons (Fsp3) is 0.538. The first-order chi connectivity index (χ1) is 14.7. The average Bonchev–Trinajstić information content (AvgIpc) is 3.03. The number of unbranched alkanes of at least 4 members (excludes halogenated alkanes) is 9. The van der Waals surface area contributed by atoms with Gasteiger partial charge in [-0.05, 0) is 28.8 Å². The van der Waals surface area contributed by atoms with Crippen LogP contribution in [0, 0.1) is 0 Å². The molecule has 1 heterocycles. The Kier molecular flexibility index (Phi) is 9.68. The van der Waals surface area contributed by atoms with Gasteiger partial charge < -0.3 is 9.80 Å². The Balaban J connectivity index is 1.37.